The van der Waals surface area contributed by atoms with Gasteiger partial charge in [-0.2, -0.15) is 9.03 Å². The highest BCUT2D eigenvalue weighted by atomic mass is 32.2. The molecule has 1 aliphatic heterocycles. The monoisotopic (exact) mass is 415 g/mol. The molecule has 1 atom stereocenters. The predicted molar refractivity (Wildman–Crippen MR) is 106 cm³/mol. The summed E-state index contributed by atoms with van der Waals surface area (Å²) in [6.07, 6.45) is 5.05. The smallest absolute Gasteiger partial charge is 0.244 e. The van der Waals surface area contributed by atoms with E-state index in [4.69, 9.17) is 0 Å². The van der Waals surface area contributed by atoms with Gasteiger partial charge >= 0.3 is 0 Å². The van der Waals surface area contributed by atoms with Gasteiger partial charge in [-0.15, -0.1) is 0 Å². The van der Waals surface area contributed by atoms with Crippen molar-refractivity contribution < 1.29 is 16.8 Å². The third kappa shape index (κ3) is 3.87. The van der Waals surface area contributed by atoms with E-state index in [9.17, 15) is 16.8 Å². The molecule has 3 rings (SSSR count). The summed E-state index contributed by atoms with van der Waals surface area (Å²) in [7, 11) is -7.51. The minimum atomic E-state index is -3.78. The Hall–Kier alpha value is -1.16. The Morgan fingerprint density at radius 1 is 1.11 bits per heavy atom. The first kappa shape index (κ1) is 20.6. The van der Waals surface area contributed by atoms with Crippen LogP contribution in [0.1, 0.15) is 51.5 Å². The molecule has 27 heavy (non-hydrogen) atoms. The topological polar surface area (TPSA) is 95.6 Å². The summed E-state index contributed by atoms with van der Waals surface area (Å²) < 4.78 is 55.6. The summed E-state index contributed by atoms with van der Waals surface area (Å²) in [4.78, 5) is 0.0334. The quantitative estimate of drug-likeness (QED) is 0.771. The van der Waals surface area contributed by atoms with Gasteiger partial charge in [0.05, 0.1) is 16.7 Å². The summed E-state index contributed by atoms with van der Waals surface area (Å²) in [6.45, 7) is 5.96. The molecule has 1 fully saturated rings. The maximum absolute atomic E-state index is 12.9. The zero-order valence-electron chi connectivity index (χ0n) is 16.2. The highest BCUT2D eigenvalue weighted by molar-refractivity contribution is 7.90. The Morgan fingerprint density at radius 2 is 1.74 bits per heavy atom. The first-order chi connectivity index (χ1) is 12.7. The number of rotatable bonds is 5. The number of hydrogen-bond acceptors (Lipinski definition) is 5. The second-order valence-electron chi connectivity index (χ2n) is 7.34. The summed E-state index contributed by atoms with van der Waals surface area (Å²) in [5.41, 5.74) is 1.15. The molecule has 152 valence electrons. The number of nitrogens with one attached hydrogen (secondary N) is 2. The zero-order chi connectivity index (χ0) is 19.8. The minimum Gasteiger partial charge on any atom is -0.367 e. The Labute approximate surface area is 162 Å². The van der Waals surface area contributed by atoms with Gasteiger partial charge in [0.2, 0.25) is 20.0 Å². The summed E-state index contributed by atoms with van der Waals surface area (Å²) in [6, 6.07) is 2.85. The molecular formula is C18H29N3O4S2. The van der Waals surface area contributed by atoms with Gasteiger partial charge in [-0.3, -0.25) is 0 Å². The minimum absolute atomic E-state index is 0.0142. The summed E-state index contributed by atoms with van der Waals surface area (Å²) >= 11 is 0. The molecule has 0 spiro atoms. The van der Waals surface area contributed by atoms with Crippen LogP contribution in [0.2, 0.25) is 0 Å². The molecule has 2 N–H and O–H groups in total. The third-order valence-corrected chi connectivity index (χ3v) is 9.10. The van der Waals surface area contributed by atoms with Crippen LogP contribution in [0, 0.1) is 12.8 Å². The summed E-state index contributed by atoms with van der Waals surface area (Å²) in [5.74, 6) is 0.250. The van der Waals surface area contributed by atoms with E-state index in [1.54, 1.807) is 26.8 Å². The van der Waals surface area contributed by atoms with Crippen molar-refractivity contribution in [2.75, 3.05) is 18.4 Å². The van der Waals surface area contributed by atoms with E-state index in [-0.39, 0.29) is 21.9 Å². The fourth-order valence-electron chi connectivity index (χ4n) is 4.08. The van der Waals surface area contributed by atoms with Crippen LogP contribution >= 0.6 is 0 Å². The number of aryl methyl sites for hydroxylation is 1. The summed E-state index contributed by atoms with van der Waals surface area (Å²) in [5, 5.41) is 3.33. The molecule has 0 saturated heterocycles. The molecule has 0 aromatic heterocycles. The van der Waals surface area contributed by atoms with Crippen molar-refractivity contribution >= 4 is 25.7 Å². The van der Waals surface area contributed by atoms with Crippen LogP contribution in [0.5, 0.6) is 0 Å². The van der Waals surface area contributed by atoms with Crippen molar-refractivity contribution in [3.8, 4) is 0 Å². The first-order valence-corrected chi connectivity index (χ1v) is 12.6. The molecule has 1 saturated carbocycles. The van der Waals surface area contributed by atoms with E-state index in [1.165, 1.54) is 16.8 Å². The van der Waals surface area contributed by atoms with Gasteiger partial charge in [-0.05, 0) is 43.4 Å². The van der Waals surface area contributed by atoms with Crippen molar-refractivity contribution in [1.82, 2.24) is 9.03 Å². The normalized spacial score (nSPS) is 23.0. The second kappa shape index (κ2) is 7.69. The van der Waals surface area contributed by atoms with Crippen LogP contribution in [0.4, 0.5) is 5.69 Å². The van der Waals surface area contributed by atoms with Gasteiger partial charge in [0.25, 0.3) is 0 Å². The molecule has 0 bridgehead atoms. The lowest BCUT2D eigenvalue weighted by molar-refractivity contribution is 0.306. The Morgan fingerprint density at radius 3 is 2.33 bits per heavy atom. The molecule has 1 aliphatic carbocycles. The molecule has 2 aliphatic rings. The van der Waals surface area contributed by atoms with Crippen LogP contribution < -0.4 is 10.0 Å². The van der Waals surface area contributed by atoms with E-state index in [2.05, 4.69) is 10.0 Å². The average molecular weight is 416 g/mol. The Balaban J connectivity index is 2.03. The molecule has 1 unspecified atom stereocenters. The van der Waals surface area contributed by atoms with Gasteiger partial charge in [0, 0.05) is 13.1 Å². The number of nitrogens with zero attached hydrogens (tertiary/aromatic N) is 1. The highest BCUT2D eigenvalue weighted by Gasteiger charge is 2.36. The van der Waals surface area contributed by atoms with Crippen molar-refractivity contribution in [1.29, 1.82) is 0 Å². The standard InChI is InChI=1S/C18H29N3O4S2/c1-4-21(5-2)27(24,25)15-11-13(3)17-16(12-15)26(22,23)20-18(19-17)14-9-7-6-8-10-14/h11-12,14,18-20H,4-10H2,1-3H3. The molecule has 1 aromatic rings. The van der Waals surface area contributed by atoms with Crippen LogP contribution in [-0.4, -0.2) is 40.4 Å². The van der Waals surface area contributed by atoms with E-state index < -0.39 is 20.0 Å². The number of sulfonamides is 2. The molecule has 7 nitrogen and oxygen atoms in total. The van der Waals surface area contributed by atoms with Gasteiger partial charge in [0.15, 0.2) is 0 Å². The predicted octanol–water partition coefficient (Wildman–Crippen LogP) is 2.64. The van der Waals surface area contributed by atoms with E-state index in [1.807, 2.05) is 0 Å². The molecule has 0 radical (unpaired) electrons. The third-order valence-electron chi connectivity index (χ3n) is 5.61. The average Bonchev–Trinajstić information content (AvgIpc) is 2.63. The van der Waals surface area contributed by atoms with E-state index in [0.717, 1.165) is 25.7 Å². The molecule has 9 heteroatoms. The number of anilines is 1. The molecule has 0 amide bonds. The molecular weight excluding hydrogens is 386 g/mol. The largest absolute Gasteiger partial charge is 0.367 e. The maximum Gasteiger partial charge on any atom is 0.244 e. The zero-order valence-corrected chi connectivity index (χ0v) is 17.8. The first-order valence-electron chi connectivity index (χ1n) is 9.64. The number of benzene rings is 1. The van der Waals surface area contributed by atoms with Gasteiger partial charge in [-0.1, -0.05) is 33.1 Å². The van der Waals surface area contributed by atoms with Crippen molar-refractivity contribution in [3.05, 3.63) is 17.7 Å². The Kier molecular flexibility index (Phi) is 5.86. The number of fused-ring (bicyclic) bond motifs is 1. The van der Waals surface area contributed by atoms with Crippen molar-refractivity contribution in [2.24, 2.45) is 5.92 Å². The van der Waals surface area contributed by atoms with Crippen LogP contribution in [-0.2, 0) is 20.0 Å². The van der Waals surface area contributed by atoms with E-state index in [0.29, 0.717) is 24.3 Å². The lowest BCUT2D eigenvalue weighted by Gasteiger charge is -2.36. The maximum atomic E-state index is 12.9. The van der Waals surface area contributed by atoms with Gasteiger partial charge in [-0.25, -0.2) is 16.8 Å². The lowest BCUT2D eigenvalue weighted by Crippen LogP contribution is -2.49. The Bertz CT molecular complexity index is 903. The van der Waals surface area contributed by atoms with E-state index >= 15 is 0 Å². The van der Waals surface area contributed by atoms with Crippen LogP contribution in [0.15, 0.2) is 21.9 Å². The fourth-order valence-corrected chi connectivity index (χ4v) is 7.21. The highest BCUT2D eigenvalue weighted by Crippen LogP contribution is 2.36. The number of hydrogen-bond donors (Lipinski definition) is 2. The lowest BCUT2D eigenvalue weighted by atomic mass is 9.87. The fraction of sp³-hybridized carbons (Fsp3) is 0.667. The van der Waals surface area contributed by atoms with Crippen molar-refractivity contribution in [2.45, 2.75) is 68.8 Å². The second-order valence-corrected chi connectivity index (χ2v) is 11.0. The van der Waals surface area contributed by atoms with Crippen LogP contribution in [0.25, 0.3) is 0 Å². The van der Waals surface area contributed by atoms with Gasteiger partial charge in [0.1, 0.15) is 4.90 Å². The molecule has 1 aromatic carbocycles. The molecule has 1 heterocycles. The van der Waals surface area contributed by atoms with Gasteiger partial charge < -0.3 is 5.32 Å². The van der Waals surface area contributed by atoms with Crippen molar-refractivity contribution in [3.63, 3.8) is 0 Å². The SMILES string of the molecule is CCN(CC)S(=O)(=O)c1cc(C)c2c(c1)S(=O)(=O)NC(C1CCCCC1)N2. The van der Waals surface area contributed by atoms with Crippen LogP contribution in [0.3, 0.4) is 0 Å².